The van der Waals surface area contributed by atoms with E-state index in [1.165, 1.54) is 0 Å². The van der Waals surface area contributed by atoms with Crippen LogP contribution in [0.2, 0.25) is 0 Å². The van der Waals surface area contributed by atoms with Gasteiger partial charge in [0.15, 0.2) is 0 Å². The van der Waals surface area contributed by atoms with E-state index < -0.39 is 0 Å². The molecule has 0 amide bonds. The maximum atomic E-state index is 8.66. The number of hydrogen-bond acceptors (Lipinski definition) is 7. The van der Waals surface area contributed by atoms with Crippen LogP contribution in [0.5, 0.6) is 0 Å². The van der Waals surface area contributed by atoms with E-state index in [1.54, 1.807) is 24.8 Å². The van der Waals surface area contributed by atoms with Crippen LogP contribution in [0, 0.1) is 11.3 Å². The van der Waals surface area contributed by atoms with Gasteiger partial charge in [0, 0.05) is 44.0 Å². The smallest absolute Gasteiger partial charge is 0.119 e. The zero-order chi connectivity index (χ0) is 17.1. The first-order valence-electron chi connectivity index (χ1n) is 8.42. The van der Waals surface area contributed by atoms with Gasteiger partial charge in [-0.15, -0.1) is 0 Å². The third-order valence-electron chi connectivity index (χ3n) is 4.35. The van der Waals surface area contributed by atoms with E-state index in [9.17, 15) is 0 Å². The molecule has 1 aliphatic rings. The fourth-order valence-corrected chi connectivity index (χ4v) is 3.22. The van der Waals surface area contributed by atoms with Crippen molar-refractivity contribution < 1.29 is 0 Å². The number of fused-ring (bicyclic) bond motifs is 6. The first-order valence-corrected chi connectivity index (χ1v) is 8.42. The Morgan fingerprint density at radius 1 is 0.880 bits per heavy atom. The highest BCUT2D eigenvalue weighted by molar-refractivity contribution is 6.15. The van der Waals surface area contributed by atoms with Crippen molar-refractivity contribution in [3.8, 4) is 6.07 Å². The monoisotopic (exact) mass is 331 g/mol. The average molecular weight is 331 g/mol. The quantitative estimate of drug-likeness (QED) is 0.527. The van der Waals surface area contributed by atoms with Gasteiger partial charge in [0.25, 0.3) is 0 Å². The third-order valence-corrected chi connectivity index (χ3v) is 4.35. The molecular weight excluding hydrogens is 314 g/mol. The van der Waals surface area contributed by atoms with Crippen LogP contribution in [0.1, 0.15) is 25.7 Å². The number of hydrogen-bond donors (Lipinski definition) is 0. The molecule has 0 unspecified atom stereocenters. The zero-order valence-corrected chi connectivity index (χ0v) is 13.8. The molecule has 0 spiro atoms. The first-order chi connectivity index (χ1) is 12.4. The molecule has 0 fully saturated rings. The van der Waals surface area contributed by atoms with E-state index in [0.717, 1.165) is 65.8 Å². The molecule has 3 heterocycles. The van der Waals surface area contributed by atoms with Crippen LogP contribution in [-0.4, -0.2) is 39.2 Å². The highest BCUT2D eigenvalue weighted by Gasteiger charge is 2.23. The Balaban J connectivity index is 1.79. The minimum Gasteiger partial charge on any atom is -0.363 e. The fraction of sp³-hybridized carbons (Fsp3) is 0.333. The number of anilines is 1. The minimum absolute atomic E-state index is 0.618. The van der Waals surface area contributed by atoms with E-state index in [2.05, 4.69) is 35.9 Å². The summed E-state index contributed by atoms with van der Waals surface area (Å²) in [6, 6.07) is 2.20. The van der Waals surface area contributed by atoms with Gasteiger partial charge in [-0.1, -0.05) is 6.42 Å². The molecule has 0 atom stereocenters. The van der Waals surface area contributed by atoms with Crippen LogP contribution in [0.15, 0.2) is 29.8 Å². The summed E-state index contributed by atoms with van der Waals surface area (Å²) in [4.78, 5) is 24.9. The molecule has 1 aromatic carbocycles. The Kier molecular flexibility index (Phi) is 4.17. The van der Waals surface area contributed by atoms with Crippen LogP contribution in [-0.2, 0) is 0 Å². The maximum Gasteiger partial charge on any atom is 0.119 e. The maximum absolute atomic E-state index is 8.66. The molecule has 1 aliphatic heterocycles. The Morgan fingerprint density at radius 3 is 2.32 bits per heavy atom. The molecule has 2 aromatic heterocycles. The molecule has 25 heavy (non-hydrogen) atoms. The van der Waals surface area contributed by atoms with Crippen molar-refractivity contribution >= 4 is 39.7 Å². The van der Waals surface area contributed by atoms with Gasteiger partial charge in [-0.2, -0.15) is 5.26 Å². The molecule has 0 saturated carbocycles. The molecular formula is C18H17N7. The number of benzene rings is 1. The number of aromatic nitrogens is 4. The molecule has 7 nitrogen and oxygen atoms in total. The summed E-state index contributed by atoms with van der Waals surface area (Å²) >= 11 is 0. The van der Waals surface area contributed by atoms with Crippen molar-refractivity contribution in [1.29, 1.82) is 5.26 Å². The van der Waals surface area contributed by atoms with E-state index in [-0.39, 0.29) is 0 Å². The Labute approximate surface area is 145 Å². The van der Waals surface area contributed by atoms with Crippen LogP contribution >= 0.6 is 0 Å². The van der Waals surface area contributed by atoms with E-state index in [0.29, 0.717) is 6.42 Å². The number of unbranched alkanes of at least 4 members (excludes halogenated alkanes) is 3. The summed E-state index contributed by atoms with van der Waals surface area (Å²) in [5, 5.41) is 8.66. The van der Waals surface area contributed by atoms with Crippen molar-refractivity contribution in [2.75, 3.05) is 18.0 Å². The topological polar surface area (TPSA) is 91.0 Å². The molecule has 0 N–H and O–H groups in total. The lowest BCUT2D eigenvalue weighted by atomic mass is 10.1. The summed E-state index contributed by atoms with van der Waals surface area (Å²) in [5.41, 5.74) is 4.88. The predicted molar refractivity (Wildman–Crippen MR) is 97.1 cm³/mol. The highest BCUT2D eigenvalue weighted by atomic mass is 15.2. The first kappa shape index (κ1) is 15.4. The van der Waals surface area contributed by atoms with E-state index in [4.69, 9.17) is 5.26 Å². The Hall–Kier alpha value is -3.14. The third kappa shape index (κ3) is 2.76. The molecule has 0 radical (unpaired) electrons. The van der Waals surface area contributed by atoms with Gasteiger partial charge in [0.05, 0.1) is 18.3 Å². The van der Waals surface area contributed by atoms with E-state index in [1.807, 2.05) is 6.21 Å². The summed E-state index contributed by atoms with van der Waals surface area (Å²) in [7, 11) is 0. The SMILES string of the molecule is N#CCCCCCN1CC=Nc2c1c1nccnc1c1nccnc21. The van der Waals surface area contributed by atoms with Crippen molar-refractivity contribution in [3.63, 3.8) is 0 Å². The van der Waals surface area contributed by atoms with Gasteiger partial charge >= 0.3 is 0 Å². The van der Waals surface area contributed by atoms with Gasteiger partial charge in [-0.3, -0.25) is 24.9 Å². The molecule has 0 bridgehead atoms. The fourth-order valence-electron chi connectivity index (χ4n) is 3.22. The summed E-state index contributed by atoms with van der Waals surface area (Å²) in [6.45, 7) is 1.63. The normalized spacial score (nSPS) is 13.2. The van der Waals surface area contributed by atoms with Gasteiger partial charge in [-0.05, 0) is 12.8 Å². The molecule has 0 saturated heterocycles. The lowest BCUT2D eigenvalue weighted by Crippen LogP contribution is -2.29. The number of aliphatic imine (C=N–C) groups is 1. The number of rotatable bonds is 5. The molecule has 7 heteroatoms. The van der Waals surface area contributed by atoms with Crippen LogP contribution in [0.4, 0.5) is 11.4 Å². The summed E-state index contributed by atoms with van der Waals surface area (Å²) < 4.78 is 0. The minimum atomic E-state index is 0.618. The second-order valence-corrected chi connectivity index (χ2v) is 5.93. The van der Waals surface area contributed by atoms with Gasteiger partial charge in [0.2, 0.25) is 0 Å². The van der Waals surface area contributed by atoms with E-state index >= 15 is 0 Å². The molecule has 124 valence electrons. The second-order valence-electron chi connectivity index (χ2n) is 5.93. The van der Waals surface area contributed by atoms with Gasteiger partial charge < -0.3 is 4.90 Å². The van der Waals surface area contributed by atoms with Crippen LogP contribution in [0.3, 0.4) is 0 Å². The van der Waals surface area contributed by atoms with Crippen molar-refractivity contribution in [1.82, 2.24) is 19.9 Å². The average Bonchev–Trinajstić information content (AvgIpc) is 2.68. The lowest BCUT2D eigenvalue weighted by molar-refractivity contribution is 0.676. The number of nitrogens with zero attached hydrogens (tertiary/aromatic N) is 7. The summed E-state index contributed by atoms with van der Waals surface area (Å²) in [6.07, 6.45) is 12.3. The predicted octanol–water partition coefficient (Wildman–Crippen LogP) is 3.18. The van der Waals surface area contributed by atoms with Crippen molar-refractivity contribution in [2.24, 2.45) is 4.99 Å². The Morgan fingerprint density at radius 2 is 1.56 bits per heavy atom. The van der Waals surface area contributed by atoms with Crippen LogP contribution < -0.4 is 4.90 Å². The van der Waals surface area contributed by atoms with Gasteiger partial charge in [-0.25, -0.2) is 0 Å². The highest BCUT2D eigenvalue weighted by Crippen LogP contribution is 2.42. The molecule has 0 aliphatic carbocycles. The lowest BCUT2D eigenvalue weighted by Gasteiger charge is -2.28. The standard InChI is InChI=1S/C18H17N7/c19-5-3-1-2-4-11-25-12-10-24-17-15-13(20-6-7-21-15)14-16(18(17)25)23-9-8-22-14/h6-10H,1-4,11-12H2. The van der Waals surface area contributed by atoms with Crippen molar-refractivity contribution in [2.45, 2.75) is 25.7 Å². The summed E-state index contributed by atoms with van der Waals surface area (Å²) in [5.74, 6) is 0. The molecule has 3 aromatic rings. The van der Waals surface area contributed by atoms with Gasteiger partial charge in [0.1, 0.15) is 27.8 Å². The number of nitriles is 1. The zero-order valence-electron chi connectivity index (χ0n) is 13.8. The largest absolute Gasteiger partial charge is 0.363 e. The second kappa shape index (κ2) is 6.77. The van der Waals surface area contributed by atoms with Crippen molar-refractivity contribution in [3.05, 3.63) is 24.8 Å². The Bertz CT molecular complexity index is 990. The molecule has 4 rings (SSSR count). The van der Waals surface area contributed by atoms with Crippen LogP contribution in [0.25, 0.3) is 22.1 Å².